The molecule has 0 aromatic heterocycles. The lowest BCUT2D eigenvalue weighted by molar-refractivity contribution is 0.768. The number of hydrogen-bond donors (Lipinski definition) is 1. The first-order valence-electron chi connectivity index (χ1n) is 12.0. The van der Waals surface area contributed by atoms with Gasteiger partial charge in [0.2, 0.25) is 0 Å². The third-order valence-electron chi connectivity index (χ3n) is 6.54. The zero-order valence-corrected chi connectivity index (χ0v) is 19.7. The molecular formula is C33H29N. The SMILES string of the molecule is CC.c1ccc(Nc2ccc(C3(c4ccccc4)c4ccccc4-c4ccccc43)cc2)cc1. The summed E-state index contributed by atoms with van der Waals surface area (Å²) in [6, 6.07) is 47.8. The fourth-order valence-electron chi connectivity index (χ4n) is 5.20. The molecule has 0 radical (unpaired) electrons. The van der Waals surface area contributed by atoms with Gasteiger partial charge in [-0.3, -0.25) is 0 Å². The molecule has 0 saturated carbocycles. The van der Waals surface area contributed by atoms with Crippen LogP contribution in [0.1, 0.15) is 36.1 Å². The van der Waals surface area contributed by atoms with E-state index < -0.39 is 0 Å². The first-order valence-corrected chi connectivity index (χ1v) is 12.0. The summed E-state index contributed by atoms with van der Waals surface area (Å²) in [6.07, 6.45) is 0. The van der Waals surface area contributed by atoms with Crippen LogP contribution in [0, 0.1) is 0 Å². The fraction of sp³-hybridized carbons (Fsp3) is 0.0909. The van der Waals surface area contributed by atoms with E-state index >= 15 is 0 Å². The number of anilines is 2. The van der Waals surface area contributed by atoms with Crippen molar-refractivity contribution in [2.75, 3.05) is 5.32 Å². The molecule has 0 heterocycles. The van der Waals surface area contributed by atoms with Gasteiger partial charge in [0.1, 0.15) is 0 Å². The second-order valence-electron chi connectivity index (χ2n) is 8.28. The molecule has 1 heteroatoms. The minimum atomic E-state index is -0.334. The molecule has 1 nitrogen and oxygen atoms in total. The molecule has 5 aromatic carbocycles. The molecule has 166 valence electrons. The summed E-state index contributed by atoms with van der Waals surface area (Å²) in [7, 11) is 0. The molecule has 0 fully saturated rings. The maximum Gasteiger partial charge on any atom is 0.0713 e. The monoisotopic (exact) mass is 439 g/mol. The van der Waals surface area contributed by atoms with Gasteiger partial charge in [-0.2, -0.15) is 0 Å². The molecular weight excluding hydrogens is 410 g/mol. The van der Waals surface area contributed by atoms with E-state index in [4.69, 9.17) is 0 Å². The Balaban J connectivity index is 0.00000117. The van der Waals surface area contributed by atoms with Crippen molar-refractivity contribution in [3.05, 3.63) is 156 Å². The van der Waals surface area contributed by atoms with Gasteiger partial charge in [0.15, 0.2) is 0 Å². The molecule has 1 N–H and O–H groups in total. The van der Waals surface area contributed by atoms with Crippen LogP contribution in [0.3, 0.4) is 0 Å². The van der Waals surface area contributed by atoms with Crippen molar-refractivity contribution in [3.63, 3.8) is 0 Å². The maximum atomic E-state index is 3.51. The molecule has 0 amide bonds. The molecule has 0 saturated heterocycles. The van der Waals surface area contributed by atoms with Crippen molar-refractivity contribution in [2.45, 2.75) is 19.3 Å². The summed E-state index contributed by atoms with van der Waals surface area (Å²) >= 11 is 0. The summed E-state index contributed by atoms with van der Waals surface area (Å²) in [4.78, 5) is 0. The van der Waals surface area contributed by atoms with Gasteiger partial charge in [-0.1, -0.05) is 123 Å². The first kappa shape index (κ1) is 21.7. The summed E-state index contributed by atoms with van der Waals surface area (Å²) in [5.41, 5.74) is 9.74. The van der Waals surface area contributed by atoms with E-state index in [-0.39, 0.29) is 5.41 Å². The molecule has 34 heavy (non-hydrogen) atoms. The Morgan fingerprint density at radius 3 is 1.38 bits per heavy atom. The van der Waals surface area contributed by atoms with Crippen molar-refractivity contribution < 1.29 is 0 Å². The average Bonchev–Trinajstić information content (AvgIpc) is 3.23. The molecule has 1 aliphatic carbocycles. The molecule has 6 rings (SSSR count). The van der Waals surface area contributed by atoms with E-state index in [0.29, 0.717) is 0 Å². The summed E-state index contributed by atoms with van der Waals surface area (Å²) in [5.74, 6) is 0. The predicted octanol–water partition coefficient (Wildman–Crippen LogP) is 8.82. The van der Waals surface area contributed by atoms with Crippen molar-refractivity contribution in [2.24, 2.45) is 0 Å². The lowest BCUT2D eigenvalue weighted by Gasteiger charge is -2.34. The molecule has 0 atom stereocenters. The lowest BCUT2D eigenvalue weighted by Crippen LogP contribution is -2.28. The van der Waals surface area contributed by atoms with E-state index in [1.165, 1.54) is 33.4 Å². The molecule has 0 spiro atoms. The first-order chi connectivity index (χ1) is 16.9. The number of benzene rings is 5. The van der Waals surface area contributed by atoms with Gasteiger partial charge in [0.05, 0.1) is 5.41 Å². The van der Waals surface area contributed by atoms with Gasteiger partial charge in [-0.05, 0) is 57.6 Å². The minimum absolute atomic E-state index is 0.334. The maximum absolute atomic E-state index is 3.51. The molecule has 0 bridgehead atoms. The van der Waals surface area contributed by atoms with Gasteiger partial charge in [0, 0.05) is 11.4 Å². The van der Waals surface area contributed by atoms with E-state index in [2.05, 4.69) is 121 Å². The van der Waals surface area contributed by atoms with Crippen LogP contribution in [-0.2, 0) is 5.41 Å². The van der Waals surface area contributed by atoms with Gasteiger partial charge in [-0.15, -0.1) is 0 Å². The van der Waals surface area contributed by atoms with Crippen LogP contribution in [0.15, 0.2) is 133 Å². The van der Waals surface area contributed by atoms with Crippen LogP contribution >= 0.6 is 0 Å². The largest absolute Gasteiger partial charge is 0.356 e. The fourth-order valence-corrected chi connectivity index (χ4v) is 5.20. The average molecular weight is 440 g/mol. The topological polar surface area (TPSA) is 12.0 Å². The second kappa shape index (κ2) is 9.41. The standard InChI is InChI=1S/C31H23N.C2H6/c1-3-11-23(12-4-1)31(24-19-21-26(22-20-24)32-25-13-5-2-6-14-25)29-17-9-7-15-27(29)28-16-8-10-18-30(28)31;1-2/h1-22,32H;1-2H3. The number of fused-ring (bicyclic) bond motifs is 3. The van der Waals surface area contributed by atoms with E-state index in [9.17, 15) is 0 Å². The van der Waals surface area contributed by atoms with Gasteiger partial charge >= 0.3 is 0 Å². The molecule has 0 aliphatic heterocycles. The normalized spacial score (nSPS) is 12.6. The smallest absolute Gasteiger partial charge is 0.0713 e. The number of nitrogens with one attached hydrogen (secondary N) is 1. The number of hydrogen-bond acceptors (Lipinski definition) is 1. The summed E-state index contributed by atoms with van der Waals surface area (Å²) in [6.45, 7) is 4.00. The van der Waals surface area contributed by atoms with Crippen LogP contribution in [0.25, 0.3) is 11.1 Å². The number of rotatable bonds is 4. The van der Waals surface area contributed by atoms with Crippen LogP contribution in [0.2, 0.25) is 0 Å². The van der Waals surface area contributed by atoms with Gasteiger partial charge < -0.3 is 5.32 Å². The van der Waals surface area contributed by atoms with E-state index in [1.54, 1.807) is 0 Å². The Bertz CT molecular complexity index is 1320. The second-order valence-corrected chi connectivity index (χ2v) is 8.28. The van der Waals surface area contributed by atoms with Crippen LogP contribution in [0.5, 0.6) is 0 Å². The summed E-state index contributed by atoms with van der Waals surface area (Å²) < 4.78 is 0. The Labute approximate surface area is 202 Å². The molecule has 5 aromatic rings. The third-order valence-corrected chi connectivity index (χ3v) is 6.54. The quantitative estimate of drug-likeness (QED) is 0.289. The highest BCUT2D eigenvalue weighted by molar-refractivity contribution is 5.86. The predicted molar refractivity (Wildman–Crippen MR) is 145 cm³/mol. The van der Waals surface area contributed by atoms with Crippen molar-refractivity contribution in [3.8, 4) is 11.1 Å². The van der Waals surface area contributed by atoms with Crippen molar-refractivity contribution in [1.29, 1.82) is 0 Å². The van der Waals surface area contributed by atoms with E-state index in [0.717, 1.165) is 11.4 Å². The molecule has 1 aliphatic rings. The van der Waals surface area contributed by atoms with E-state index in [1.807, 2.05) is 32.0 Å². The lowest BCUT2D eigenvalue weighted by atomic mass is 9.68. The molecule has 0 unspecified atom stereocenters. The zero-order valence-electron chi connectivity index (χ0n) is 19.7. The van der Waals surface area contributed by atoms with Crippen LogP contribution in [0.4, 0.5) is 11.4 Å². The Kier molecular flexibility index (Phi) is 6.01. The highest BCUT2D eigenvalue weighted by Gasteiger charge is 2.45. The Morgan fingerprint density at radius 2 is 0.824 bits per heavy atom. The van der Waals surface area contributed by atoms with Crippen molar-refractivity contribution in [1.82, 2.24) is 0 Å². The van der Waals surface area contributed by atoms with Crippen molar-refractivity contribution >= 4 is 11.4 Å². The third kappa shape index (κ3) is 3.50. The zero-order chi connectivity index (χ0) is 23.4. The van der Waals surface area contributed by atoms with Gasteiger partial charge in [0.25, 0.3) is 0 Å². The minimum Gasteiger partial charge on any atom is -0.356 e. The summed E-state index contributed by atoms with van der Waals surface area (Å²) in [5, 5.41) is 3.51. The highest BCUT2D eigenvalue weighted by atomic mass is 14.9. The van der Waals surface area contributed by atoms with Crippen LogP contribution in [-0.4, -0.2) is 0 Å². The Hall–Kier alpha value is -4.10. The van der Waals surface area contributed by atoms with Gasteiger partial charge in [-0.25, -0.2) is 0 Å². The highest BCUT2D eigenvalue weighted by Crippen LogP contribution is 2.55. The van der Waals surface area contributed by atoms with Crippen LogP contribution < -0.4 is 5.32 Å². The Morgan fingerprint density at radius 1 is 0.412 bits per heavy atom. The number of para-hydroxylation sites is 1.